The Morgan fingerprint density at radius 1 is 1.41 bits per heavy atom. The minimum atomic E-state index is 0.232. The van der Waals surface area contributed by atoms with Gasteiger partial charge < -0.3 is 10.4 Å². The van der Waals surface area contributed by atoms with E-state index in [2.05, 4.69) is 33.4 Å². The molecular formula is C13H15BrClNO. The van der Waals surface area contributed by atoms with Gasteiger partial charge in [0.1, 0.15) is 0 Å². The SMILES string of the molecule is OC[C@H]1C=C[C@@H](NCc2cc(Cl)ccc2Br)C1. The minimum absolute atomic E-state index is 0.232. The summed E-state index contributed by atoms with van der Waals surface area (Å²) in [6.07, 6.45) is 5.17. The minimum Gasteiger partial charge on any atom is -0.396 e. The molecule has 0 fully saturated rings. The molecule has 2 rings (SSSR count). The van der Waals surface area contributed by atoms with Crippen molar-refractivity contribution >= 4 is 27.5 Å². The van der Waals surface area contributed by atoms with E-state index in [0.29, 0.717) is 12.0 Å². The van der Waals surface area contributed by atoms with Crippen molar-refractivity contribution in [2.45, 2.75) is 19.0 Å². The predicted octanol–water partition coefficient (Wildman–Crippen LogP) is 3.13. The number of aliphatic hydroxyl groups is 1. The van der Waals surface area contributed by atoms with Crippen LogP contribution in [0.5, 0.6) is 0 Å². The van der Waals surface area contributed by atoms with Crippen molar-refractivity contribution in [2.24, 2.45) is 5.92 Å². The highest BCUT2D eigenvalue weighted by molar-refractivity contribution is 9.10. The number of aliphatic hydroxyl groups excluding tert-OH is 1. The molecule has 0 unspecified atom stereocenters. The number of hydrogen-bond donors (Lipinski definition) is 2. The van der Waals surface area contributed by atoms with Gasteiger partial charge in [0.2, 0.25) is 0 Å². The summed E-state index contributed by atoms with van der Waals surface area (Å²) < 4.78 is 1.06. The van der Waals surface area contributed by atoms with Crippen LogP contribution < -0.4 is 5.32 Å². The molecule has 92 valence electrons. The van der Waals surface area contributed by atoms with Crippen LogP contribution in [0.4, 0.5) is 0 Å². The van der Waals surface area contributed by atoms with Gasteiger partial charge in [-0.15, -0.1) is 0 Å². The molecule has 1 aromatic rings. The number of rotatable bonds is 4. The van der Waals surface area contributed by atoms with Crippen LogP contribution in [-0.4, -0.2) is 17.8 Å². The number of hydrogen-bond acceptors (Lipinski definition) is 2. The Balaban J connectivity index is 1.90. The predicted molar refractivity (Wildman–Crippen MR) is 74.1 cm³/mol. The van der Waals surface area contributed by atoms with Gasteiger partial charge in [-0.1, -0.05) is 39.7 Å². The zero-order chi connectivity index (χ0) is 12.3. The van der Waals surface area contributed by atoms with E-state index in [0.717, 1.165) is 28.0 Å². The van der Waals surface area contributed by atoms with Crippen LogP contribution >= 0.6 is 27.5 Å². The summed E-state index contributed by atoms with van der Waals surface area (Å²) in [5.41, 5.74) is 1.15. The maximum Gasteiger partial charge on any atom is 0.0494 e. The van der Waals surface area contributed by atoms with Crippen molar-refractivity contribution in [3.8, 4) is 0 Å². The van der Waals surface area contributed by atoms with Crippen molar-refractivity contribution in [1.82, 2.24) is 5.32 Å². The third kappa shape index (κ3) is 3.55. The maximum absolute atomic E-state index is 9.05. The summed E-state index contributed by atoms with van der Waals surface area (Å²) in [4.78, 5) is 0. The average molecular weight is 317 g/mol. The highest BCUT2D eigenvalue weighted by Crippen LogP contribution is 2.22. The summed E-state index contributed by atoms with van der Waals surface area (Å²) in [6.45, 7) is 1.00. The smallest absolute Gasteiger partial charge is 0.0494 e. The number of halogens is 2. The lowest BCUT2D eigenvalue weighted by molar-refractivity contribution is 0.246. The Hall–Kier alpha value is -0.350. The largest absolute Gasteiger partial charge is 0.396 e. The van der Waals surface area contributed by atoms with Crippen LogP contribution in [0.3, 0.4) is 0 Å². The van der Waals surface area contributed by atoms with E-state index in [1.165, 1.54) is 0 Å². The van der Waals surface area contributed by atoms with Gasteiger partial charge in [0, 0.05) is 34.6 Å². The topological polar surface area (TPSA) is 32.3 Å². The molecule has 0 saturated heterocycles. The lowest BCUT2D eigenvalue weighted by Gasteiger charge is -2.13. The van der Waals surface area contributed by atoms with Gasteiger partial charge in [-0.25, -0.2) is 0 Å². The molecule has 0 spiro atoms. The first kappa shape index (κ1) is 13.1. The first-order chi connectivity index (χ1) is 8.19. The highest BCUT2D eigenvalue weighted by atomic mass is 79.9. The lowest BCUT2D eigenvalue weighted by atomic mass is 10.1. The summed E-state index contributed by atoms with van der Waals surface area (Å²) in [7, 11) is 0. The summed E-state index contributed by atoms with van der Waals surface area (Å²) in [5, 5.41) is 13.2. The molecule has 1 aliphatic carbocycles. The third-order valence-electron chi connectivity index (χ3n) is 2.97. The molecule has 0 bridgehead atoms. The summed E-state index contributed by atoms with van der Waals surface area (Å²) in [6, 6.07) is 6.13. The molecule has 1 aromatic carbocycles. The van der Waals surface area contributed by atoms with Crippen molar-refractivity contribution in [3.05, 3.63) is 45.4 Å². The van der Waals surface area contributed by atoms with Crippen molar-refractivity contribution in [2.75, 3.05) is 6.61 Å². The third-order valence-corrected chi connectivity index (χ3v) is 3.98. The molecule has 2 atom stereocenters. The van der Waals surface area contributed by atoms with Crippen LogP contribution in [0.25, 0.3) is 0 Å². The van der Waals surface area contributed by atoms with Crippen LogP contribution in [0.2, 0.25) is 5.02 Å². The van der Waals surface area contributed by atoms with E-state index >= 15 is 0 Å². The maximum atomic E-state index is 9.05. The Labute approximate surface area is 115 Å². The zero-order valence-corrected chi connectivity index (χ0v) is 11.7. The van der Waals surface area contributed by atoms with Crippen LogP contribution in [0.15, 0.2) is 34.8 Å². The molecular weight excluding hydrogens is 302 g/mol. The quantitative estimate of drug-likeness (QED) is 0.837. The molecule has 1 aliphatic rings. The van der Waals surface area contributed by atoms with E-state index < -0.39 is 0 Å². The average Bonchev–Trinajstić information content (AvgIpc) is 2.78. The van der Waals surface area contributed by atoms with Crippen LogP contribution in [0, 0.1) is 5.92 Å². The van der Waals surface area contributed by atoms with E-state index in [9.17, 15) is 0 Å². The normalized spacial score (nSPS) is 23.2. The van der Waals surface area contributed by atoms with E-state index in [1.807, 2.05) is 18.2 Å². The van der Waals surface area contributed by atoms with Gasteiger partial charge in [0.05, 0.1) is 0 Å². The molecule has 0 heterocycles. The Morgan fingerprint density at radius 3 is 2.94 bits per heavy atom. The number of benzene rings is 1. The molecule has 17 heavy (non-hydrogen) atoms. The van der Waals surface area contributed by atoms with E-state index in [4.69, 9.17) is 16.7 Å². The van der Waals surface area contributed by atoms with Gasteiger partial charge in [-0.3, -0.25) is 0 Å². The molecule has 0 amide bonds. The standard InChI is InChI=1S/C13H15BrClNO/c14-13-4-2-11(15)6-10(13)7-16-12-3-1-9(5-12)8-17/h1-4,6,9,12,16-17H,5,7-8H2/t9-,12+/m0/s1. The first-order valence-corrected chi connectivity index (χ1v) is 6.82. The fourth-order valence-electron chi connectivity index (χ4n) is 1.98. The Kier molecular flexibility index (Phi) is 4.62. The summed E-state index contributed by atoms with van der Waals surface area (Å²) in [5.74, 6) is 0.301. The van der Waals surface area contributed by atoms with Gasteiger partial charge in [0.15, 0.2) is 0 Å². The van der Waals surface area contributed by atoms with Crippen molar-refractivity contribution < 1.29 is 5.11 Å². The highest BCUT2D eigenvalue weighted by Gasteiger charge is 2.17. The second-order valence-electron chi connectivity index (χ2n) is 4.29. The van der Waals surface area contributed by atoms with E-state index in [1.54, 1.807) is 0 Å². The van der Waals surface area contributed by atoms with Gasteiger partial charge in [-0.2, -0.15) is 0 Å². The Bertz CT molecular complexity index is 422. The Morgan fingerprint density at radius 2 is 2.24 bits per heavy atom. The van der Waals surface area contributed by atoms with Crippen molar-refractivity contribution in [1.29, 1.82) is 0 Å². The fraction of sp³-hybridized carbons (Fsp3) is 0.385. The van der Waals surface area contributed by atoms with Gasteiger partial charge >= 0.3 is 0 Å². The lowest BCUT2D eigenvalue weighted by Crippen LogP contribution is -2.26. The zero-order valence-electron chi connectivity index (χ0n) is 9.37. The molecule has 2 nitrogen and oxygen atoms in total. The van der Waals surface area contributed by atoms with Crippen LogP contribution in [-0.2, 0) is 6.54 Å². The van der Waals surface area contributed by atoms with E-state index in [-0.39, 0.29) is 6.61 Å². The molecule has 0 aromatic heterocycles. The monoisotopic (exact) mass is 315 g/mol. The van der Waals surface area contributed by atoms with Crippen LogP contribution in [0.1, 0.15) is 12.0 Å². The molecule has 2 N–H and O–H groups in total. The second kappa shape index (κ2) is 6.01. The number of nitrogens with one attached hydrogen (secondary N) is 1. The second-order valence-corrected chi connectivity index (χ2v) is 5.58. The summed E-state index contributed by atoms with van der Waals surface area (Å²) >= 11 is 9.47. The fourth-order valence-corrected chi connectivity index (χ4v) is 2.56. The van der Waals surface area contributed by atoms with Gasteiger partial charge in [-0.05, 0) is 30.2 Å². The first-order valence-electron chi connectivity index (χ1n) is 5.65. The molecule has 0 aliphatic heterocycles. The van der Waals surface area contributed by atoms with Crippen molar-refractivity contribution in [3.63, 3.8) is 0 Å². The molecule has 0 saturated carbocycles. The molecule has 0 radical (unpaired) electrons. The molecule has 4 heteroatoms. The van der Waals surface area contributed by atoms with Gasteiger partial charge in [0.25, 0.3) is 0 Å².